The average molecular weight is 391 g/mol. The lowest BCUT2D eigenvalue weighted by molar-refractivity contribution is 0.240. The lowest BCUT2D eigenvalue weighted by Gasteiger charge is -2.33. The first kappa shape index (κ1) is 22.2. The second-order valence-corrected chi connectivity index (χ2v) is 8.58. The molecule has 0 amide bonds. The van der Waals surface area contributed by atoms with E-state index in [-0.39, 0.29) is 24.6 Å². The van der Waals surface area contributed by atoms with Gasteiger partial charge in [-0.15, -0.1) is 12.4 Å². The maximum atomic E-state index is 13.2. The van der Waals surface area contributed by atoms with Gasteiger partial charge in [0, 0.05) is 12.6 Å². The van der Waals surface area contributed by atoms with Crippen molar-refractivity contribution in [3.63, 3.8) is 0 Å². The molecule has 7 heteroatoms. The second-order valence-electron chi connectivity index (χ2n) is 6.69. The molecule has 0 radical (unpaired) electrons. The molecule has 0 atom stereocenters. The molecule has 0 spiro atoms. The third kappa shape index (κ3) is 5.58. The van der Waals surface area contributed by atoms with Crippen molar-refractivity contribution in [1.29, 1.82) is 0 Å². The number of rotatable bonds is 7. The molecule has 25 heavy (non-hydrogen) atoms. The third-order valence-electron chi connectivity index (χ3n) is 4.28. The van der Waals surface area contributed by atoms with Crippen LogP contribution in [0.2, 0.25) is 0 Å². The van der Waals surface area contributed by atoms with Gasteiger partial charge in [-0.3, -0.25) is 0 Å². The molecule has 1 aliphatic heterocycles. The molecule has 1 aliphatic rings. The summed E-state index contributed by atoms with van der Waals surface area (Å²) in [5.41, 5.74) is 0.853. The zero-order valence-corrected chi connectivity index (χ0v) is 17.3. The highest BCUT2D eigenvalue weighted by atomic mass is 35.5. The van der Waals surface area contributed by atoms with E-state index >= 15 is 0 Å². The summed E-state index contributed by atoms with van der Waals surface area (Å²) in [5, 5.41) is 3.30. The van der Waals surface area contributed by atoms with Gasteiger partial charge in [-0.25, -0.2) is 8.42 Å². The van der Waals surface area contributed by atoms with E-state index in [1.54, 1.807) is 22.5 Å². The summed E-state index contributed by atoms with van der Waals surface area (Å²) in [6.45, 7) is 10.2. The van der Waals surface area contributed by atoms with Crippen molar-refractivity contribution < 1.29 is 13.2 Å². The van der Waals surface area contributed by atoms with E-state index in [0.29, 0.717) is 11.4 Å². The van der Waals surface area contributed by atoms with Crippen LogP contribution in [0.1, 0.15) is 45.6 Å². The van der Waals surface area contributed by atoms with E-state index in [9.17, 15) is 8.42 Å². The first-order valence-corrected chi connectivity index (χ1v) is 10.3. The molecule has 5 nitrogen and oxygen atoms in total. The smallest absolute Gasteiger partial charge is 0.243 e. The molecule has 1 heterocycles. The molecular formula is C18H31ClN2O3S. The molecule has 0 saturated carbocycles. The Balaban J connectivity index is 0.00000312. The summed E-state index contributed by atoms with van der Waals surface area (Å²) < 4.78 is 33.8. The van der Waals surface area contributed by atoms with Crippen LogP contribution in [0.5, 0.6) is 5.75 Å². The highest BCUT2D eigenvalue weighted by Gasteiger charge is 2.31. The number of hydrogen-bond acceptors (Lipinski definition) is 4. The zero-order chi connectivity index (χ0) is 17.7. The molecule has 1 saturated heterocycles. The van der Waals surface area contributed by atoms with E-state index in [4.69, 9.17) is 4.74 Å². The molecule has 1 aromatic rings. The molecular weight excluding hydrogens is 360 g/mol. The van der Waals surface area contributed by atoms with Gasteiger partial charge in [0.2, 0.25) is 10.0 Å². The monoisotopic (exact) mass is 390 g/mol. The number of nitrogens with zero attached hydrogens (tertiary/aromatic N) is 1. The fourth-order valence-electron chi connectivity index (χ4n) is 3.12. The Morgan fingerprint density at radius 3 is 2.44 bits per heavy atom. The van der Waals surface area contributed by atoms with Gasteiger partial charge in [-0.2, -0.15) is 4.31 Å². The summed E-state index contributed by atoms with van der Waals surface area (Å²) in [4.78, 5) is 0.364. The van der Waals surface area contributed by atoms with Crippen molar-refractivity contribution >= 4 is 22.4 Å². The first-order valence-electron chi connectivity index (χ1n) is 8.86. The van der Waals surface area contributed by atoms with Gasteiger partial charge < -0.3 is 10.1 Å². The van der Waals surface area contributed by atoms with Gasteiger partial charge in [-0.1, -0.05) is 6.92 Å². The number of ether oxygens (including phenoxy) is 1. The number of nitrogens with one attached hydrogen (secondary N) is 1. The Hall–Kier alpha value is -0.820. The van der Waals surface area contributed by atoms with Gasteiger partial charge in [0.25, 0.3) is 0 Å². The minimum atomic E-state index is -3.48. The van der Waals surface area contributed by atoms with Crippen LogP contribution in [0, 0.1) is 6.92 Å². The van der Waals surface area contributed by atoms with E-state index < -0.39 is 10.0 Å². The van der Waals surface area contributed by atoms with Crippen molar-refractivity contribution in [2.24, 2.45) is 0 Å². The van der Waals surface area contributed by atoms with Gasteiger partial charge in [0.1, 0.15) is 5.75 Å². The summed E-state index contributed by atoms with van der Waals surface area (Å²) in [6.07, 6.45) is 2.62. The van der Waals surface area contributed by atoms with Crippen LogP contribution in [-0.4, -0.2) is 44.5 Å². The molecule has 1 fully saturated rings. The topological polar surface area (TPSA) is 58.6 Å². The summed E-state index contributed by atoms with van der Waals surface area (Å²) in [5.74, 6) is 0.743. The quantitative estimate of drug-likeness (QED) is 0.775. The highest BCUT2D eigenvalue weighted by Crippen LogP contribution is 2.27. The van der Waals surface area contributed by atoms with Gasteiger partial charge in [0.15, 0.2) is 0 Å². The van der Waals surface area contributed by atoms with Crippen LogP contribution in [0.15, 0.2) is 23.1 Å². The zero-order valence-electron chi connectivity index (χ0n) is 15.6. The van der Waals surface area contributed by atoms with Crippen LogP contribution >= 0.6 is 12.4 Å². The van der Waals surface area contributed by atoms with Crippen LogP contribution in [0.4, 0.5) is 0 Å². The number of benzene rings is 1. The minimum Gasteiger partial charge on any atom is -0.491 e. The Kier molecular flexibility index (Phi) is 8.68. The molecule has 144 valence electrons. The molecule has 0 unspecified atom stereocenters. The molecule has 0 aliphatic carbocycles. The van der Waals surface area contributed by atoms with Gasteiger partial charge in [0.05, 0.1) is 11.0 Å². The van der Waals surface area contributed by atoms with Crippen molar-refractivity contribution in [2.75, 3.05) is 19.6 Å². The fourth-order valence-corrected chi connectivity index (χ4v) is 4.98. The Morgan fingerprint density at radius 1 is 1.28 bits per heavy atom. The van der Waals surface area contributed by atoms with Gasteiger partial charge >= 0.3 is 0 Å². The SMILES string of the molecule is CCCN(C1CCNCC1)S(=O)(=O)c1ccc(OC(C)C)c(C)c1.Cl. The minimum absolute atomic E-state index is 0. The Labute approximate surface area is 158 Å². The maximum absolute atomic E-state index is 13.2. The first-order chi connectivity index (χ1) is 11.4. The normalized spacial score (nSPS) is 16.1. The van der Waals surface area contributed by atoms with Crippen LogP contribution < -0.4 is 10.1 Å². The standard InChI is InChI=1S/C18H30N2O3S.ClH/c1-5-12-20(16-8-10-19-11-9-16)24(21,22)17-6-7-18(15(4)13-17)23-14(2)3;/h6-7,13-14,16,19H,5,8-12H2,1-4H3;1H. The van der Waals surface area contributed by atoms with Crippen molar-refractivity contribution in [3.8, 4) is 5.75 Å². The van der Waals surface area contributed by atoms with E-state index in [0.717, 1.165) is 43.7 Å². The molecule has 2 rings (SSSR count). The number of sulfonamides is 1. The number of aryl methyl sites for hydroxylation is 1. The Morgan fingerprint density at radius 2 is 1.92 bits per heavy atom. The highest BCUT2D eigenvalue weighted by molar-refractivity contribution is 7.89. The van der Waals surface area contributed by atoms with Crippen LogP contribution in [0.25, 0.3) is 0 Å². The molecule has 0 bridgehead atoms. The average Bonchev–Trinajstić information content (AvgIpc) is 2.54. The van der Waals surface area contributed by atoms with E-state index in [1.165, 1.54) is 0 Å². The maximum Gasteiger partial charge on any atom is 0.243 e. The lowest BCUT2D eigenvalue weighted by Crippen LogP contribution is -2.46. The molecule has 0 aromatic heterocycles. The third-order valence-corrected chi connectivity index (χ3v) is 6.22. The number of hydrogen-bond donors (Lipinski definition) is 1. The van der Waals surface area contributed by atoms with E-state index in [2.05, 4.69) is 5.32 Å². The number of halogens is 1. The Bertz CT molecular complexity index is 644. The number of piperidine rings is 1. The predicted molar refractivity (Wildman–Crippen MR) is 104 cm³/mol. The summed E-state index contributed by atoms with van der Waals surface area (Å²) in [7, 11) is -3.48. The van der Waals surface area contributed by atoms with Crippen molar-refractivity contribution in [2.45, 2.75) is 64.0 Å². The van der Waals surface area contributed by atoms with Crippen molar-refractivity contribution in [3.05, 3.63) is 23.8 Å². The van der Waals surface area contributed by atoms with Crippen molar-refractivity contribution in [1.82, 2.24) is 9.62 Å². The van der Waals surface area contributed by atoms with E-state index in [1.807, 2.05) is 27.7 Å². The summed E-state index contributed by atoms with van der Waals surface area (Å²) in [6, 6.07) is 5.26. The molecule has 1 N–H and O–H groups in total. The largest absolute Gasteiger partial charge is 0.491 e. The van der Waals surface area contributed by atoms with Crippen LogP contribution in [-0.2, 0) is 10.0 Å². The van der Waals surface area contributed by atoms with Crippen LogP contribution in [0.3, 0.4) is 0 Å². The fraction of sp³-hybridized carbons (Fsp3) is 0.667. The second kappa shape index (κ2) is 9.76. The van der Waals surface area contributed by atoms with Gasteiger partial charge in [-0.05, 0) is 76.9 Å². The summed E-state index contributed by atoms with van der Waals surface area (Å²) >= 11 is 0. The predicted octanol–water partition coefficient (Wildman–Crippen LogP) is 3.36. The molecule has 1 aromatic carbocycles. The lowest BCUT2D eigenvalue weighted by atomic mass is 10.1.